The Balaban J connectivity index is 1.02. The van der Waals surface area contributed by atoms with E-state index in [1.807, 2.05) is 0 Å². The molecule has 300 valence electrons. The van der Waals surface area contributed by atoms with Gasteiger partial charge in [0, 0.05) is 0 Å². The fourth-order valence-electron chi connectivity index (χ4n) is 12.8. The van der Waals surface area contributed by atoms with Crippen LogP contribution in [-0.2, 0) is 0 Å². The molecule has 0 N–H and O–H groups in total. The number of benzene rings is 16. The minimum Gasteiger partial charge on any atom is -0.0610 e. The van der Waals surface area contributed by atoms with Crippen LogP contribution in [0.4, 0.5) is 0 Å². The van der Waals surface area contributed by atoms with Crippen LogP contribution in [0.3, 0.4) is 0 Å². The molecule has 0 atom stereocenters. The first-order chi connectivity index (χ1) is 32.7. The van der Waals surface area contributed by atoms with Crippen LogP contribution in [-0.4, -0.2) is 0 Å². The van der Waals surface area contributed by atoms with Gasteiger partial charge in [-0.05, 0) is 181 Å². The summed E-state index contributed by atoms with van der Waals surface area (Å²) in [6, 6.07) is 83.1. The highest BCUT2D eigenvalue weighted by atomic mass is 14.2. The second-order valence-electron chi connectivity index (χ2n) is 18.6. The molecule has 0 radical (unpaired) electrons. The van der Waals surface area contributed by atoms with Crippen LogP contribution in [0.2, 0.25) is 0 Å². The summed E-state index contributed by atoms with van der Waals surface area (Å²) in [5.74, 6) is 0. The van der Waals surface area contributed by atoms with Gasteiger partial charge in [0.25, 0.3) is 0 Å². The Labute approximate surface area is 379 Å². The molecular weight excluding hydrogens is 793 g/mol. The van der Waals surface area contributed by atoms with Gasteiger partial charge in [-0.25, -0.2) is 0 Å². The predicted octanol–water partition coefficient (Wildman–Crippen LogP) is 18.8. The van der Waals surface area contributed by atoms with Gasteiger partial charge in [-0.2, -0.15) is 0 Å². The zero-order valence-electron chi connectivity index (χ0n) is 35.8. The average molecular weight is 829 g/mol. The summed E-state index contributed by atoms with van der Waals surface area (Å²) in [7, 11) is 0. The van der Waals surface area contributed by atoms with E-state index in [1.54, 1.807) is 0 Å². The monoisotopic (exact) mass is 828 g/mol. The van der Waals surface area contributed by atoms with Crippen LogP contribution in [0.25, 0.3) is 163 Å². The summed E-state index contributed by atoms with van der Waals surface area (Å²) in [6.45, 7) is 0. The van der Waals surface area contributed by atoms with Gasteiger partial charge >= 0.3 is 0 Å². The first-order valence-corrected chi connectivity index (χ1v) is 23.2. The summed E-state index contributed by atoms with van der Waals surface area (Å²) in [6.07, 6.45) is 0. The second-order valence-corrected chi connectivity index (χ2v) is 18.6. The van der Waals surface area contributed by atoms with Crippen molar-refractivity contribution in [3.8, 4) is 33.4 Å². The van der Waals surface area contributed by atoms with Crippen molar-refractivity contribution < 1.29 is 0 Å². The summed E-state index contributed by atoms with van der Waals surface area (Å²) in [4.78, 5) is 0. The number of rotatable bonds is 3. The van der Waals surface area contributed by atoms with Crippen molar-refractivity contribution in [2.24, 2.45) is 0 Å². The Hall–Kier alpha value is -8.58. The van der Waals surface area contributed by atoms with Gasteiger partial charge in [0.15, 0.2) is 0 Å². The third-order valence-corrected chi connectivity index (χ3v) is 15.4. The fourth-order valence-corrected chi connectivity index (χ4v) is 12.8. The van der Waals surface area contributed by atoms with Crippen LogP contribution in [0.1, 0.15) is 0 Å². The van der Waals surface area contributed by atoms with E-state index in [-0.39, 0.29) is 0 Å². The van der Waals surface area contributed by atoms with E-state index in [0.29, 0.717) is 0 Å². The molecule has 0 aliphatic heterocycles. The van der Waals surface area contributed by atoms with Crippen molar-refractivity contribution in [1.29, 1.82) is 0 Å². The lowest BCUT2D eigenvalue weighted by molar-refractivity contribution is 1.62. The van der Waals surface area contributed by atoms with Gasteiger partial charge < -0.3 is 0 Å². The van der Waals surface area contributed by atoms with Crippen molar-refractivity contribution in [1.82, 2.24) is 0 Å². The van der Waals surface area contributed by atoms with Gasteiger partial charge in [0.2, 0.25) is 0 Å². The van der Waals surface area contributed by atoms with Crippen molar-refractivity contribution in [3.05, 3.63) is 218 Å². The molecular formula is C66H36. The zero-order valence-corrected chi connectivity index (χ0v) is 35.8. The highest BCUT2D eigenvalue weighted by Gasteiger charge is 2.21. The lowest BCUT2D eigenvalue weighted by Crippen LogP contribution is -1.93. The smallest absolute Gasteiger partial charge is 0.00201 e. The number of hydrogen-bond donors (Lipinski definition) is 0. The Morgan fingerprint density at radius 1 is 0.152 bits per heavy atom. The summed E-state index contributed by atoms with van der Waals surface area (Å²) in [5.41, 5.74) is 7.39. The highest BCUT2D eigenvalue weighted by molar-refractivity contribution is 6.37. The summed E-state index contributed by atoms with van der Waals surface area (Å²) in [5, 5.41) is 31.5. The van der Waals surface area contributed by atoms with E-state index in [9.17, 15) is 0 Å². The highest BCUT2D eigenvalue weighted by Crippen LogP contribution is 2.49. The molecule has 0 unspecified atom stereocenters. The minimum absolute atomic E-state index is 1.22. The topological polar surface area (TPSA) is 0 Å². The third-order valence-electron chi connectivity index (χ3n) is 15.4. The Morgan fingerprint density at radius 2 is 0.348 bits per heavy atom. The molecule has 0 bridgehead atoms. The number of hydrogen-bond acceptors (Lipinski definition) is 0. The second kappa shape index (κ2) is 12.6. The maximum Gasteiger partial charge on any atom is -0.00201 e. The van der Waals surface area contributed by atoms with Crippen LogP contribution >= 0.6 is 0 Å². The quantitative estimate of drug-likeness (QED) is 0.123. The van der Waals surface area contributed by atoms with Crippen LogP contribution in [0, 0.1) is 0 Å². The van der Waals surface area contributed by atoms with Crippen LogP contribution in [0.15, 0.2) is 218 Å². The van der Waals surface area contributed by atoms with E-state index < -0.39 is 0 Å². The molecule has 0 heterocycles. The normalized spacial score (nSPS) is 12.5. The largest absolute Gasteiger partial charge is 0.0610 e. The van der Waals surface area contributed by atoms with Crippen molar-refractivity contribution in [2.75, 3.05) is 0 Å². The van der Waals surface area contributed by atoms with E-state index in [4.69, 9.17) is 0 Å². The molecule has 0 aliphatic rings. The minimum atomic E-state index is 1.22. The molecule has 0 spiro atoms. The molecule has 0 heteroatoms. The van der Waals surface area contributed by atoms with Gasteiger partial charge in [0.05, 0.1) is 0 Å². The number of fused-ring (bicyclic) bond motifs is 6. The van der Waals surface area contributed by atoms with Gasteiger partial charge in [-0.3, -0.25) is 0 Å². The van der Waals surface area contributed by atoms with E-state index in [0.717, 1.165) is 0 Å². The van der Waals surface area contributed by atoms with Gasteiger partial charge in [0.1, 0.15) is 0 Å². The molecule has 0 aromatic heterocycles. The van der Waals surface area contributed by atoms with Gasteiger partial charge in [-0.1, -0.05) is 200 Å². The summed E-state index contributed by atoms with van der Waals surface area (Å²) < 4.78 is 0. The molecule has 0 saturated carbocycles. The first-order valence-electron chi connectivity index (χ1n) is 23.2. The first kappa shape index (κ1) is 34.9. The maximum absolute atomic E-state index is 2.47. The molecule has 0 amide bonds. The molecule has 66 heavy (non-hydrogen) atoms. The van der Waals surface area contributed by atoms with Crippen LogP contribution < -0.4 is 0 Å². The van der Waals surface area contributed by atoms with Crippen molar-refractivity contribution in [3.63, 3.8) is 0 Å². The van der Waals surface area contributed by atoms with E-state index >= 15 is 0 Å². The van der Waals surface area contributed by atoms with E-state index in [1.165, 1.54) is 163 Å². The molecule has 16 aromatic carbocycles. The third kappa shape index (κ3) is 4.43. The Morgan fingerprint density at radius 3 is 0.606 bits per heavy atom. The van der Waals surface area contributed by atoms with Crippen molar-refractivity contribution >= 4 is 129 Å². The lowest BCUT2D eigenvalue weighted by atomic mass is 9.83. The van der Waals surface area contributed by atoms with Gasteiger partial charge in [-0.15, -0.1) is 0 Å². The molecule has 0 saturated heterocycles. The molecule has 0 fully saturated rings. The Kier molecular flexibility index (Phi) is 6.64. The molecule has 0 nitrogen and oxygen atoms in total. The molecule has 16 rings (SSSR count). The fraction of sp³-hybridized carbons (Fsp3) is 0. The lowest BCUT2D eigenvalue weighted by Gasteiger charge is -2.20. The maximum atomic E-state index is 2.47. The molecule has 16 aromatic rings. The average Bonchev–Trinajstić information content (AvgIpc) is 3.38. The Bertz CT molecular complexity index is 4100. The van der Waals surface area contributed by atoms with E-state index in [2.05, 4.69) is 218 Å². The summed E-state index contributed by atoms with van der Waals surface area (Å²) >= 11 is 0. The standard InChI is InChI=1S/C66H36/c1-10-37-13-4-19-52-58-31-28-43(46-22-7-25-55(64(46)58)49(16-1)61(37)52)40-34-41(44-29-32-59-53-20-5-14-38-11-2-17-50(62(38)53)56-26-8-23-47(44)65(56)59)36-42(35-40)45-30-33-60-54-21-6-15-39-12-3-18-51(63(39)54)57-27-9-24-48(45)66(57)60/h1-36H. The zero-order chi connectivity index (χ0) is 42.8. The predicted molar refractivity (Wildman–Crippen MR) is 286 cm³/mol. The SMILES string of the molecule is c1cc2cccc3c4ccc(-c5cc(-c6ccc7c8cccc9cccc(c%10cccc6c%107)c98)cc(-c6ccc7c8cccc9cccc(c%10cccc6c%107)c98)c5)c5cccc(c(c1)c23)c54. The van der Waals surface area contributed by atoms with Crippen LogP contribution in [0.5, 0.6) is 0 Å². The molecule has 0 aliphatic carbocycles. The van der Waals surface area contributed by atoms with Crippen molar-refractivity contribution in [2.45, 2.75) is 0 Å².